The number of anilines is 1. The summed E-state index contributed by atoms with van der Waals surface area (Å²) in [5.74, 6) is -0.167. The third-order valence-corrected chi connectivity index (χ3v) is 6.92. The molecule has 0 unspecified atom stereocenters. The minimum Gasteiger partial charge on any atom is -0.338 e. The summed E-state index contributed by atoms with van der Waals surface area (Å²) in [5.41, 5.74) is 0.597. The van der Waals surface area contributed by atoms with Gasteiger partial charge in [-0.1, -0.05) is 29.8 Å². The lowest BCUT2D eigenvalue weighted by molar-refractivity contribution is -0.137. The third kappa shape index (κ3) is 5.08. The summed E-state index contributed by atoms with van der Waals surface area (Å²) < 4.78 is 0. The van der Waals surface area contributed by atoms with Crippen LogP contribution in [0.3, 0.4) is 0 Å². The highest BCUT2D eigenvalue weighted by Gasteiger charge is 2.38. The maximum absolute atomic E-state index is 13.1. The van der Waals surface area contributed by atoms with Crippen molar-refractivity contribution < 1.29 is 14.4 Å². The van der Waals surface area contributed by atoms with Crippen LogP contribution in [-0.4, -0.2) is 77.7 Å². The van der Waals surface area contributed by atoms with Crippen LogP contribution in [0.2, 0.25) is 5.02 Å². The molecule has 0 bridgehead atoms. The molecule has 1 aromatic carbocycles. The van der Waals surface area contributed by atoms with Gasteiger partial charge in [-0.15, -0.1) is 11.3 Å². The Labute approximate surface area is 190 Å². The number of halogens is 1. The highest BCUT2D eigenvalue weighted by Crippen LogP contribution is 2.24. The predicted octanol–water partition coefficient (Wildman–Crippen LogP) is 2.79. The van der Waals surface area contributed by atoms with E-state index >= 15 is 0 Å². The summed E-state index contributed by atoms with van der Waals surface area (Å²) >= 11 is 7.50. The predicted molar refractivity (Wildman–Crippen MR) is 121 cm³/mol. The average molecular weight is 461 g/mol. The number of likely N-dealkylation sites (tertiary alicyclic amines) is 1. The molecule has 2 aliphatic rings. The molecule has 3 heterocycles. The smallest absolute Gasteiger partial charge is 0.264 e. The number of nitrogens with one attached hydrogen (secondary N) is 1. The minimum atomic E-state index is -0.385. The second-order valence-electron chi connectivity index (χ2n) is 7.76. The van der Waals surface area contributed by atoms with Crippen LogP contribution < -0.4 is 5.32 Å². The van der Waals surface area contributed by atoms with Gasteiger partial charge in [0.05, 0.1) is 22.1 Å². The van der Waals surface area contributed by atoms with Gasteiger partial charge in [-0.2, -0.15) is 0 Å². The summed E-state index contributed by atoms with van der Waals surface area (Å²) in [7, 11) is 0. The van der Waals surface area contributed by atoms with E-state index < -0.39 is 0 Å². The summed E-state index contributed by atoms with van der Waals surface area (Å²) in [6.45, 7) is 3.21. The van der Waals surface area contributed by atoms with Crippen molar-refractivity contribution in [1.82, 2.24) is 14.7 Å². The fraction of sp³-hybridized carbons (Fsp3) is 0.409. The van der Waals surface area contributed by atoms with E-state index in [-0.39, 0.29) is 30.3 Å². The third-order valence-electron chi connectivity index (χ3n) is 5.73. The number of hydrogen-bond acceptors (Lipinski definition) is 5. The van der Waals surface area contributed by atoms with Gasteiger partial charge in [-0.3, -0.25) is 19.3 Å². The second-order valence-corrected chi connectivity index (χ2v) is 9.12. The van der Waals surface area contributed by atoms with Crippen molar-refractivity contribution in [3.05, 3.63) is 51.7 Å². The number of amides is 3. The standard InChI is InChI=1S/C22H25ClN4O3S/c23-16-5-1-2-6-17(16)24-20(28)15-25-10-12-26(13-11-25)21(29)18-7-3-9-27(18)22(30)19-8-4-14-31-19/h1-2,4-6,8,14,18H,3,7,9-13,15H2,(H,24,28)/t18-/m1/s1. The molecule has 164 valence electrons. The van der Waals surface area contributed by atoms with Crippen molar-refractivity contribution in [2.45, 2.75) is 18.9 Å². The number of piperazine rings is 1. The lowest BCUT2D eigenvalue weighted by Gasteiger charge is -2.37. The Hall–Kier alpha value is -2.42. The molecule has 0 saturated carbocycles. The van der Waals surface area contributed by atoms with Gasteiger partial charge in [0.25, 0.3) is 5.91 Å². The Morgan fingerprint density at radius 1 is 1.03 bits per heavy atom. The number of thiophene rings is 1. The minimum absolute atomic E-state index is 0.0163. The monoisotopic (exact) mass is 460 g/mol. The maximum Gasteiger partial charge on any atom is 0.264 e. The topological polar surface area (TPSA) is 73.0 Å². The number of nitrogens with zero attached hydrogens (tertiary/aromatic N) is 3. The van der Waals surface area contributed by atoms with Crippen molar-refractivity contribution in [2.75, 3.05) is 44.6 Å². The summed E-state index contributed by atoms with van der Waals surface area (Å²) in [6, 6.07) is 10.4. The van der Waals surface area contributed by atoms with Gasteiger partial charge in [-0.25, -0.2) is 0 Å². The number of para-hydroxylation sites is 1. The van der Waals surface area contributed by atoms with E-state index in [1.165, 1.54) is 11.3 Å². The van der Waals surface area contributed by atoms with E-state index in [9.17, 15) is 14.4 Å². The van der Waals surface area contributed by atoms with Gasteiger partial charge < -0.3 is 15.1 Å². The van der Waals surface area contributed by atoms with E-state index in [4.69, 9.17) is 11.6 Å². The Balaban J connectivity index is 1.28. The zero-order chi connectivity index (χ0) is 21.8. The van der Waals surface area contributed by atoms with E-state index in [0.717, 1.165) is 6.42 Å². The zero-order valence-electron chi connectivity index (χ0n) is 17.1. The normalized spacial score (nSPS) is 19.5. The second kappa shape index (κ2) is 9.80. The van der Waals surface area contributed by atoms with Crippen molar-refractivity contribution in [3.8, 4) is 0 Å². The number of hydrogen-bond donors (Lipinski definition) is 1. The molecule has 1 atom stereocenters. The molecule has 0 spiro atoms. The molecule has 1 N–H and O–H groups in total. The maximum atomic E-state index is 13.1. The lowest BCUT2D eigenvalue weighted by atomic mass is 10.1. The highest BCUT2D eigenvalue weighted by molar-refractivity contribution is 7.12. The van der Waals surface area contributed by atoms with Crippen LogP contribution >= 0.6 is 22.9 Å². The van der Waals surface area contributed by atoms with Gasteiger partial charge in [0, 0.05) is 32.7 Å². The van der Waals surface area contributed by atoms with Gasteiger partial charge >= 0.3 is 0 Å². The molecule has 0 radical (unpaired) electrons. The Bertz CT molecular complexity index is 944. The van der Waals surface area contributed by atoms with Crippen molar-refractivity contribution >= 4 is 46.3 Å². The fourth-order valence-electron chi connectivity index (χ4n) is 4.10. The van der Waals surface area contributed by atoms with Gasteiger partial charge in [0.15, 0.2) is 0 Å². The highest BCUT2D eigenvalue weighted by atomic mass is 35.5. The van der Waals surface area contributed by atoms with Crippen molar-refractivity contribution in [3.63, 3.8) is 0 Å². The molecule has 31 heavy (non-hydrogen) atoms. The van der Waals surface area contributed by atoms with Gasteiger partial charge in [0.1, 0.15) is 6.04 Å². The Kier molecular flexibility index (Phi) is 6.89. The molecular formula is C22H25ClN4O3S. The first kappa shape index (κ1) is 21.8. The molecule has 7 nitrogen and oxygen atoms in total. The molecule has 2 fully saturated rings. The lowest BCUT2D eigenvalue weighted by Crippen LogP contribution is -2.55. The van der Waals surface area contributed by atoms with Crippen LogP contribution in [0.5, 0.6) is 0 Å². The first-order valence-electron chi connectivity index (χ1n) is 10.4. The molecule has 2 aliphatic heterocycles. The van der Waals surface area contributed by atoms with E-state index in [2.05, 4.69) is 5.32 Å². The molecule has 9 heteroatoms. The van der Waals surface area contributed by atoms with E-state index in [0.29, 0.717) is 54.7 Å². The van der Waals surface area contributed by atoms with Crippen molar-refractivity contribution in [2.24, 2.45) is 0 Å². The van der Waals surface area contributed by atoms with Gasteiger partial charge in [-0.05, 0) is 36.4 Å². The molecule has 1 aromatic heterocycles. The quantitative estimate of drug-likeness (QED) is 0.744. The molecule has 2 saturated heterocycles. The zero-order valence-corrected chi connectivity index (χ0v) is 18.7. The van der Waals surface area contributed by atoms with E-state index in [1.807, 2.05) is 33.4 Å². The molecule has 2 aromatic rings. The number of benzene rings is 1. The molecular weight excluding hydrogens is 436 g/mol. The molecule has 0 aliphatic carbocycles. The van der Waals surface area contributed by atoms with Crippen LogP contribution in [0.25, 0.3) is 0 Å². The summed E-state index contributed by atoms with van der Waals surface area (Å²) in [5, 5.41) is 5.21. The Morgan fingerprint density at radius 2 is 1.81 bits per heavy atom. The van der Waals surface area contributed by atoms with Crippen LogP contribution in [0.4, 0.5) is 5.69 Å². The molecule has 3 amide bonds. The number of carbonyl (C=O) groups is 3. The van der Waals surface area contributed by atoms with Crippen LogP contribution in [0.15, 0.2) is 41.8 Å². The first-order chi connectivity index (χ1) is 15.0. The Morgan fingerprint density at radius 3 is 2.52 bits per heavy atom. The average Bonchev–Trinajstić information content (AvgIpc) is 3.47. The fourth-order valence-corrected chi connectivity index (χ4v) is 4.96. The summed E-state index contributed by atoms with van der Waals surface area (Å²) in [4.78, 5) is 44.5. The number of carbonyl (C=O) groups excluding carboxylic acids is 3. The van der Waals surface area contributed by atoms with Crippen LogP contribution in [-0.2, 0) is 9.59 Å². The summed E-state index contributed by atoms with van der Waals surface area (Å²) in [6.07, 6.45) is 1.55. The van der Waals surface area contributed by atoms with E-state index in [1.54, 1.807) is 23.1 Å². The first-order valence-corrected chi connectivity index (χ1v) is 11.7. The number of rotatable bonds is 5. The van der Waals surface area contributed by atoms with Crippen LogP contribution in [0.1, 0.15) is 22.5 Å². The van der Waals surface area contributed by atoms with Crippen LogP contribution in [0, 0.1) is 0 Å². The SMILES string of the molecule is O=C(CN1CCN(C(=O)[C@H]2CCCN2C(=O)c2cccs2)CC1)Nc1ccccc1Cl. The largest absolute Gasteiger partial charge is 0.338 e. The van der Waals surface area contributed by atoms with Crippen molar-refractivity contribution in [1.29, 1.82) is 0 Å². The van der Waals surface area contributed by atoms with Gasteiger partial charge in [0.2, 0.25) is 11.8 Å². The molecule has 4 rings (SSSR count).